The first-order valence-electron chi connectivity index (χ1n) is 12.5. The Bertz CT molecular complexity index is 1100. The maximum atomic E-state index is 13.3. The highest BCUT2D eigenvalue weighted by atomic mass is 35.5. The highest BCUT2D eigenvalue weighted by molar-refractivity contribution is 6.31. The molecular formula is C30H33ClF3NO. The third-order valence-corrected chi connectivity index (χ3v) is 7.75. The molecule has 0 radical (unpaired) electrons. The minimum absolute atomic E-state index is 0.290. The van der Waals surface area contributed by atoms with E-state index in [1.165, 1.54) is 34.4 Å². The van der Waals surface area contributed by atoms with Crippen LogP contribution in [0, 0.1) is 13.8 Å². The van der Waals surface area contributed by atoms with Crippen LogP contribution < -0.4 is 0 Å². The van der Waals surface area contributed by atoms with Gasteiger partial charge < -0.3 is 10.0 Å². The second-order valence-electron chi connectivity index (χ2n) is 10.1. The molecule has 1 aliphatic rings. The number of aryl methyl sites for hydroxylation is 2. The molecular weight excluding hydrogens is 483 g/mol. The summed E-state index contributed by atoms with van der Waals surface area (Å²) in [4.78, 5) is 2.30. The molecule has 0 spiro atoms. The first-order chi connectivity index (χ1) is 17.0. The Labute approximate surface area is 216 Å². The van der Waals surface area contributed by atoms with Crippen molar-refractivity contribution in [3.63, 3.8) is 0 Å². The second kappa shape index (κ2) is 11.0. The largest absolute Gasteiger partial charge is 0.417 e. The fourth-order valence-electron chi connectivity index (χ4n) is 5.11. The van der Waals surface area contributed by atoms with Crippen LogP contribution in [0.25, 0.3) is 0 Å². The molecule has 36 heavy (non-hydrogen) atoms. The zero-order valence-electron chi connectivity index (χ0n) is 20.8. The van der Waals surface area contributed by atoms with Gasteiger partial charge in [-0.3, -0.25) is 0 Å². The van der Waals surface area contributed by atoms with Gasteiger partial charge in [0.1, 0.15) is 0 Å². The molecule has 3 aromatic rings. The molecule has 1 fully saturated rings. The quantitative estimate of drug-likeness (QED) is 0.346. The van der Waals surface area contributed by atoms with E-state index in [1.807, 2.05) is 0 Å². The van der Waals surface area contributed by atoms with Crippen molar-refractivity contribution in [2.75, 3.05) is 19.6 Å². The fraction of sp³-hybridized carbons (Fsp3) is 0.400. The van der Waals surface area contributed by atoms with Gasteiger partial charge >= 0.3 is 6.18 Å². The van der Waals surface area contributed by atoms with Crippen molar-refractivity contribution in [1.82, 2.24) is 4.90 Å². The average Bonchev–Trinajstić information content (AvgIpc) is 2.84. The number of rotatable bonds is 7. The molecule has 3 aromatic carbocycles. The van der Waals surface area contributed by atoms with Crippen molar-refractivity contribution < 1.29 is 18.3 Å². The van der Waals surface area contributed by atoms with E-state index in [1.54, 1.807) is 0 Å². The number of piperidine rings is 1. The summed E-state index contributed by atoms with van der Waals surface area (Å²) in [6.45, 7) is 6.35. The van der Waals surface area contributed by atoms with Crippen molar-refractivity contribution >= 4 is 11.6 Å². The molecule has 1 heterocycles. The molecule has 4 rings (SSSR count). The van der Waals surface area contributed by atoms with Crippen LogP contribution in [0.5, 0.6) is 0 Å². The molecule has 192 valence electrons. The highest BCUT2D eigenvalue weighted by Crippen LogP contribution is 2.40. The topological polar surface area (TPSA) is 23.5 Å². The summed E-state index contributed by atoms with van der Waals surface area (Å²) < 4.78 is 39.9. The smallest absolute Gasteiger partial charge is 0.385 e. The van der Waals surface area contributed by atoms with Gasteiger partial charge in [-0.1, -0.05) is 77.3 Å². The van der Waals surface area contributed by atoms with Crippen LogP contribution in [0.1, 0.15) is 65.0 Å². The van der Waals surface area contributed by atoms with Crippen LogP contribution in [0.4, 0.5) is 13.2 Å². The predicted octanol–water partition coefficient (Wildman–Crippen LogP) is 7.87. The molecule has 0 atom stereocenters. The van der Waals surface area contributed by atoms with Gasteiger partial charge in [-0.05, 0) is 74.9 Å². The van der Waals surface area contributed by atoms with E-state index >= 15 is 0 Å². The molecule has 0 amide bonds. The number of nitrogens with zero attached hydrogens (tertiary/aromatic N) is 1. The molecule has 0 unspecified atom stereocenters. The molecule has 0 aromatic heterocycles. The number of benzene rings is 3. The molecule has 1 N–H and O–H groups in total. The van der Waals surface area contributed by atoms with E-state index in [2.05, 4.69) is 67.3 Å². The number of likely N-dealkylation sites (tertiary alicyclic amines) is 1. The summed E-state index contributed by atoms with van der Waals surface area (Å²) >= 11 is 5.77. The van der Waals surface area contributed by atoms with Crippen molar-refractivity contribution in [1.29, 1.82) is 0 Å². The van der Waals surface area contributed by atoms with Gasteiger partial charge in [0.15, 0.2) is 0 Å². The zero-order chi connectivity index (χ0) is 25.9. The van der Waals surface area contributed by atoms with Crippen LogP contribution in [0.15, 0.2) is 66.7 Å². The molecule has 2 nitrogen and oxygen atoms in total. The Kier molecular flexibility index (Phi) is 8.13. The third kappa shape index (κ3) is 6.31. The maximum Gasteiger partial charge on any atom is 0.417 e. The van der Waals surface area contributed by atoms with E-state index in [-0.39, 0.29) is 10.6 Å². The number of aliphatic hydroxyl groups is 1. The zero-order valence-corrected chi connectivity index (χ0v) is 21.5. The van der Waals surface area contributed by atoms with Crippen LogP contribution in [-0.2, 0) is 11.8 Å². The standard InChI is InChI=1S/C30H33ClF3NO/c1-21-5-9-23(10-6-21)26(24-11-7-22(2)8-12-24)4-3-17-35-18-15-29(36,16-19-35)25-13-14-28(31)27(20-25)30(32,33)34/h5-14,20,26,36H,3-4,15-19H2,1-2H3. The van der Waals surface area contributed by atoms with Gasteiger partial charge in [-0.15, -0.1) is 0 Å². The lowest BCUT2D eigenvalue weighted by Crippen LogP contribution is -2.43. The molecule has 1 saturated heterocycles. The van der Waals surface area contributed by atoms with Crippen LogP contribution in [0.3, 0.4) is 0 Å². The predicted molar refractivity (Wildman–Crippen MR) is 139 cm³/mol. The number of hydrogen-bond acceptors (Lipinski definition) is 2. The Morgan fingerprint density at radius 3 is 1.92 bits per heavy atom. The van der Waals surface area contributed by atoms with Gasteiger partial charge in [0.05, 0.1) is 16.2 Å². The van der Waals surface area contributed by atoms with Gasteiger partial charge in [-0.2, -0.15) is 13.2 Å². The Hall–Kier alpha value is -2.34. The van der Waals surface area contributed by atoms with Gasteiger partial charge in [0.2, 0.25) is 0 Å². The molecule has 0 bridgehead atoms. The first-order valence-corrected chi connectivity index (χ1v) is 12.9. The maximum absolute atomic E-state index is 13.3. The van der Waals surface area contributed by atoms with Crippen molar-refractivity contribution in [3.05, 3.63) is 105 Å². The van der Waals surface area contributed by atoms with Crippen LogP contribution >= 0.6 is 11.6 Å². The fourth-order valence-corrected chi connectivity index (χ4v) is 5.33. The number of halogens is 4. The number of alkyl halides is 3. The normalized spacial score (nSPS) is 16.4. The summed E-state index contributed by atoms with van der Waals surface area (Å²) in [5.41, 5.74) is 3.22. The Morgan fingerprint density at radius 2 is 1.42 bits per heavy atom. The molecule has 1 aliphatic heterocycles. The van der Waals surface area contributed by atoms with Gasteiger partial charge in [0, 0.05) is 19.0 Å². The SMILES string of the molecule is Cc1ccc(C(CCCN2CCC(O)(c3ccc(Cl)c(C(F)(F)F)c3)CC2)c2ccc(C)cc2)cc1. The molecule has 6 heteroatoms. The van der Waals surface area contributed by atoms with E-state index < -0.39 is 17.3 Å². The summed E-state index contributed by atoms with van der Waals surface area (Å²) in [7, 11) is 0. The summed E-state index contributed by atoms with van der Waals surface area (Å²) in [6.07, 6.45) is -1.77. The van der Waals surface area contributed by atoms with Gasteiger partial charge in [-0.25, -0.2) is 0 Å². The summed E-state index contributed by atoms with van der Waals surface area (Å²) in [5.74, 6) is 0.308. The molecule has 0 saturated carbocycles. The third-order valence-electron chi connectivity index (χ3n) is 7.42. The van der Waals surface area contributed by atoms with Crippen molar-refractivity contribution in [2.45, 2.75) is 57.2 Å². The summed E-state index contributed by atoms with van der Waals surface area (Å²) in [5, 5.41) is 10.8. The van der Waals surface area contributed by atoms with E-state index in [0.29, 0.717) is 31.8 Å². The highest BCUT2D eigenvalue weighted by Gasteiger charge is 2.38. The van der Waals surface area contributed by atoms with Crippen molar-refractivity contribution in [2.24, 2.45) is 0 Å². The van der Waals surface area contributed by atoms with E-state index in [0.717, 1.165) is 25.5 Å². The van der Waals surface area contributed by atoms with Gasteiger partial charge in [0.25, 0.3) is 0 Å². The van der Waals surface area contributed by atoms with Crippen molar-refractivity contribution in [3.8, 4) is 0 Å². The first kappa shape index (κ1) is 26.7. The Balaban J connectivity index is 1.38. The lowest BCUT2D eigenvalue weighted by Gasteiger charge is -2.39. The number of hydrogen-bond donors (Lipinski definition) is 1. The van der Waals surface area contributed by atoms with Crippen LogP contribution in [0.2, 0.25) is 5.02 Å². The minimum atomic E-state index is -4.55. The minimum Gasteiger partial charge on any atom is -0.385 e. The van der Waals surface area contributed by atoms with E-state index in [4.69, 9.17) is 11.6 Å². The Morgan fingerprint density at radius 1 is 0.889 bits per heavy atom. The van der Waals surface area contributed by atoms with Crippen LogP contribution in [-0.4, -0.2) is 29.6 Å². The second-order valence-corrected chi connectivity index (χ2v) is 10.5. The lowest BCUT2D eigenvalue weighted by atomic mass is 9.83. The summed E-state index contributed by atoms with van der Waals surface area (Å²) in [6, 6.07) is 21.2. The average molecular weight is 516 g/mol. The molecule has 0 aliphatic carbocycles. The lowest BCUT2D eigenvalue weighted by molar-refractivity contribution is -0.137. The van der Waals surface area contributed by atoms with E-state index in [9.17, 15) is 18.3 Å². The monoisotopic (exact) mass is 515 g/mol.